The second-order valence-electron chi connectivity index (χ2n) is 7.15. The van der Waals surface area contributed by atoms with Gasteiger partial charge < -0.3 is 15.8 Å². The molecule has 6 nitrogen and oxygen atoms in total. The molecule has 1 fully saturated rings. The predicted molar refractivity (Wildman–Crippen MR) is 93.0 cm³/mol. The van der Waals surface area contributed by atoms with E-state index in [2.05, 4.69) is 10.3 Å². The smallest absolute Gasteiger partial charge is 0.342 e. The Morgan fingerprint density at radius 2 is 1.92 bits per heavy atom. The SMILES string of the molecule is CC(C)(C)OC(=O)c1cnc(Cl)cc1NC1CCC(C(N)=O)CC1. The van der Waals surface area contributed by atoms with Crippen LogP contribution in [0.2, 0.25) is 5.15 Å². The highest BCUT2D eigenvalue weighted by Crippen LogP contribution is 2.29. The molecular formula is C17H24ClN3O3. The number of anilines is 1. The molecule has 1 saturated carbocycles. The molecule has 0 saturated heterocycles. The summed E-state index contributed by atoms with van der Waals surface area (Å²) in [7, 11) is 0. The van der Waals surface area contributed by atoms with Gasteiger partial charge in [-0.25, -0.2) is 9.78 Å². The van der Waals surface area contributed by atoms with Crippen molar-refractivity contribution in [3.8, 4) is 0 Å². The third-order valence-electron chi connectivity index (χ3n) is 3.98. The van der Waals surface area contributed by atoms with Crippen molar-refractivity contribution in [1.29, 1.82) is 0 Å². The lowest BCUT2D eigenvalue weighted by molar-refractivity contribution is -0.122. The topological polar surface area (TPSA) is 94.3 Å². The first-order valence-electron chi connectivity index (χ1n) is 8.10. The van der Waals surface area contributed by atoms with Crippen LogP contribution >= 0.6 is 11.6 Å². The zero-order valence-electron chi connectivity index (χ0n) is 14.3. The van der Waals surface area contributed by atoms with Crippen LogP contribution in [0.3, 0.4) is 0 Å². The van der Waals surface area contributed by atoms with Gasteiger partial charge >= 0.3 is 5.97 Å². The monoisotopic (exact) mass is 353 g/mol. The molecule has 0 bridgehead atoms. The minimum absolute atomic E-state index is 0.0607. The first kappa shape index (κ1) is 18.5. The van der Waals surface area contributed by atoms with Crippen LogP contribution in [0.15, 0.2) is 12.3 Å². The number of nitrogens with zero attached hydrogens (tertiary/aromatic N) is 1. The average molecular weight is 354 g/mol. The number of hydrogen-bond donors (Lipinski definition) is 2. The highest BCUT2D eigenvalue weighted by Gasteiger charge is 2.26. The fourth-order valence-electron chi connectivity index (χ4n) is 2.79. The molecule has 7 heteroatoms. The van der Waals surface area contributed by atoms with E-state index < -0.39 is 11.6 Å². The van der Waals surface area contributed by atoms with Crippen LogP contribution in [0.25, 0.3) is 0 Å². The van der Waals surface area contributed by atoms with Crippen molar-refractivity contribution in [2.45, 2.75) is 58.1 Å². The zero-order valence-corrected chi connectivity index (χ0v) is 15.0. The zero-order chi connectivity index (χ0) is 17.9. The van der Waals surface area contributed by atoms with Crippen LogP contribution in [0.4, 0.5) is 5.69 Å². The van der Waals surface area contributed by atoms with E-state index in [9.17, 15) is 9.59 Å². The van der Waals surface area contributed by atoms with Gasteiger partial charge in [0.2, 0.25) is 5.91 Å². The first-order chi connectivity index (χ1) is 11.2. The van der Waals surface area contributed by atoms with Crippen LogP contribution in [-0.2, 0) is 9.53 Å². The molecule has 1 aromatic rings. The Bertz CT molecular complexity index is 620. The maximum atomic E-state index is 12.4. The van der Waals surface area contributed by atoms with Gasteiger partial charge in [-0.15, -0.1) is 0 Å². The average Bonchev–Trinajstić information content (AvgIpc) is 2.46. The number of amides is 1. The summed E-state index contributed by atoms with van der Waals surface area (Å²) < 4.78 is 5.42. The maximum Gasteiger partial charge on any atom is 0.342 e. The molecule has 0 unspecified atom stereocenters. The number of rotatable bonds is 4. The minimum Gasteiger partial charge on any atom is -0.456 e. The van der Waals surface area contributed by atoms with Crippen LogP contribution in [-0.4, -0.2) is 28.5 Å². The lowest BCUT2D eigenvalue weighted by Crippen LogP contribution is -2.33. The van der Waals surface area contributed by atoms with E-state index in [4.69, 9.17) is 22.1 Å². The first-order valence-corrected chi connectivity index (χ1v) is 8.48. The number of pyridine rings is 1. The Morgan fingerprint density at radius 1 is 1.29 bits per heavy atom. The van der Waals surface area contributed by atoms with Gasteiger partial charge in [0.25, 0.3) is 0 Å². The molecule has 24 heavy (non-hydrogen) atoms. The molecule has 0 spiro atoms. The lowest BCUT2D eigenvalue weighted by Gasteiger charge is -2.29. The van der Waals surface area contributed by atoms with E-state index in [1.807, 2.05) is 20.8 Å². The second kappa shape index (κ2) is 7.38. The van der Waals surface area contributed by atoms with E-state index in [1.54, 1.807) is 6.07 Å². The van der Waals surface area contributed by atoms with Crippen LogP contribution < -0.4 is 11.1 Å². The van der Waals surface area contributed by atoms with Crippen molar-refractivity contribution in [2.75, 3.05) is 5.32 Å². The van der Waals surface area contributed by atoms with Crippen molar-refractivity contribution >= 4 is 29.2 Å². The Kier molecular flexibility index (Phi) is 5.70. The van der Waals surface area contributed by atoms with Gasteiger partial charge in [0.15, 0.2) is 0 Å². The van der Waals surface area contributed by atoms with Gasteiger partial charge in [0.1, 0.15) is 16.3 Å². The van der Waals surface area contributed by atoms with E-state index >= 15 is 0 Å². The van der Waals surface area contributed by atoms with Crippen molar-refractivity contribution in [3.05, 3.63) is 23.0 Å². The summed E-state index contributed by atoms with van der Waals surface area (Å²) in [6.45, 7) is 5.44. The summed E-state index contributed by atoms with van der Waals surface area (Å²) in [6, 6.07) is 1.78. The Morgan fingerprint density at radius 3 is 2.46 bits per heavy atom. The van der Waals surface area contributed by atoms with E-state index in [0.29, 0.717) is 16.4 Å². The summed E-state index contributed by atoms with van der Waals surface area (Å²) in [5.74, 6) is -0.746. The molecule has 1 aliphatic carbocycles. The molecule has 1 aliphatic rings. The largest absolute Gasteiger partial charge is 0.456 e. The molecule has 0 radical (unpaired) electrons. The van der Waals surface area contributed by atoms with Gasteiger partial charge in [0, 0.05) is 18.2 Å². The number of halogens is 1. The Hall–Kier alpha value is -1.82. The fourth-order valence-corrected chi connectivity index (χ4v) is 2.95. The number of ether oxygens (including phenoxy) is 1. The number of nitrogens with one attached hydrogen (secondary N) is 1. The number of carbonyl (C=O) groups is 2. The van der Waals surface area contributed by atoms with Gasteiger partial charge in [-0.1, -0.05) is 11.6 Å². The lowest BCUT2D eigenvalue weighted by atomic mass is 9.85. The van der Waals surface area contributed by atoms with Crippen LogP contribution in [0.5, 0.6) is 0 Å². The molecule has 3 N–H and O–H groups in total. The van der Waals surface area contributed by atoms with Gasteiger partial charge in [-0.3, -0.25) is 4.79 Å². The van der Waals surface area contributed by atoms with E-state index in [-0.39, 0.29) is 17.9 Å². The quantitative estimate of drug-likeness (QED) is 0.640. The normalized spacial score (nSPS) is 21.2. The number of nitrogens with two attached hydrogens (primary N) is 1. The standard InChI is InChI=1S/C17H24ClN3O3/c1-17(2,3)24-16(23)12-9-20-14(18)8-13(12)21-11-6-4-10(5-7-11)15(19)22/h8-11H,4-7H2,1-3H3,(H2,19,22)(H,20,21). The molecular weight excluding hydrogens is 330 g/mol. The summed E-state index contributed by atoms with van der Waals surface area (Å²) >= 11 is 5.97. The van der Waals surface area contributed by atoms with Gasteiger partial charge in [-0.2, -0.15) is 0 Å². The third kappa shape index (κ3) is 5.09. The number of carbonyl (C=O) groups excluding carboxylic acids is 2. The van der Waals surface area contributed by atoms with Crippen molar-refractivity contribution in [3.63, 3.8) is 0 Å². The summed E-state index contributed by atoms with van der Waals surface area (Å²) in [5, 5.41) is 3.64. The van der Waals surface area contributed by atoms with Crippen LogP contribution in [0.1, 0.15) is 56.8 Å². The third-order valence-corrected chi connectivity index (χ3v) is 4.19. The molecule has 0 aromatic carbocycles. The molecule has 1 amide bonds. The highest BCUT2D eigenvalue weighted by atomic mass is 35.5. The second-order valence-corrected chi connectivity index (χ2v) is 7.54. The Labute approximate surface area is 147 Å². The number of primary amides is 1. The molecule has 132 valence electrons. The molecule has 2 rings (SSSR count). The fraction of sp³-hybridized carbons (Fsp3) is 0.588. The predicted octanol–water partition coefficient (Wildman–Crippen LogP) is 3.15. The molecule has 1 heterocycles. The molecule has 0 atom stereocenters. The highest BCUT2D eigenvalue weighted by molar-refractivity contribution is 6.29. The maximum absolute atomic E-state index is 12.4. The van der Waals surface area contributed by atoms with Crippen molar-refractivity contribution < 1.29 is 14.3 Å². The Balaban J connectivity index is 2.11. The number of aromatic nitrogens is 1. The van der Waals surface area contributed by atoms with Gasteiger partial charge in [0.05, 0.1) is 5.69 Å². The summed E-state index contributed by atoms with van der Waals surface area (Å²) in [6.07, 6.45) is 4.53. The summed E-state index contributed by atoms with van der Waals surface area (Å²) in [4.78, 5) is 27.6. The van der Waals surface area contributed by atoms with Gasteiger partial charge in [-0.05, 0) is 52.5 Å². The molecule has 1 aromatic heterocycles. The van der Waals surface area contributed by atoms with Crippen LogP contribution in [0, 0.1) is 5.92 Å². The number of hydrogen-bond acceptors (Lipinski definition) is 5. The van der Waals surface area contributed by atoms with Crippen molar-refractivity contribution in [2.24, 2.45) is 11.7 Å². The van der Waals surface area contributed by atoms with E-state index in [1.165, 1.54) is 6.20 Å². The molecule has 0 aliphatic heterocycles. The minimum atomic E-state index is -0.590. The van der Waals surface area contributed by atoms with Crippen molar-refractivity contribution in [1.82, 2.24) is 4.98 Å². The summed E-state index contributed by atoms with van der Waals surface area (Å²) in [5.41, 5.74) is 5.73. The number of esters is 1. The van der Waals surface area contributed by atoms with E-state index in [0.717, 1.165) is 25.7 Å².